The molecule has 5 heterocycles. The molecule has 2 aromatic heterocycles. The van der Waals surface area contributed by atoms with Gasteiger partial charge in [-0.15, -0.1) is 0 Å². The van der Waals surface area contributed by atoms with E-state index in [1.165, 1.54) is 12.4 Å². The molecule has 0 aliphatic carbocycles. The van der Waals surface area contributed by atoms with E-state index in [1.807, 2.05) is 41.3 Å². The van der Waals surface area contributed by atoms with Crippen LogP contribution in [0.5, 0.6) is 40.2 Å². The SMILES string of the molecule is COc1cc(Cl)c(OCc2cccc(-c3cccc(OCCCN4CCC(O)CC4)c3C)c2C)cc1OCc1cncc(C#N)c1.Cc1c(COc2cc(OCc3cncc(C#N)c3)c(C3=NCCN3CCO)cc2Cl)cccc1-c1cccc(OCCCN2CCC(O)CC2)c1C.NCCNCCO. The largest absolute Gasteiger partial charge is 0.493 e. The van der Waals surface area contributed by atoms with E-state index in [2.05, 4.69) is 101 Å². The number of aliphatic imine (C=N–C) groups is 1. The van der Waals surface area contributed by atoms with Crippen molar-refractivity contribution in [2.75, 3.05) is 112 Å². The van der Waals surface area contributed by atoms with Crippen LogP contribution in [0.2, 0.25) is 10.0 Å². The molecule has 3 aliphatic heterocycles. The number of benzene rings is 6. The number of β-amino-alcohol motifs (C(OH)–C–C–N with tert-alkyl or cyclic N) is 1. The molecule has 0 saturated carbocycles. The lowest BCUT2D eigenvalue weighted by molar-refractivity contribution is 0.0797. The fraction of sp³-hybridized carbons (Fsp3) is 0.402. The van der Waals surface area contributed by atoms with Crippen molar-refractivity contribution >= 4 is 29.0 Å². The van der Waals surface area contributed by atoms with E-state index in [-0.39, 0.29) is 45.2 Å². The highest BCUT2D eigenvalue weighted by atomic mass is 35.5. The zero-order valence-electron chi connectivity index (χ0n) is 60.8. The lowest BCUT2D eigenvalue weighted by atomic mass is 9.93. The van der Waals surface area contributed by atoms with Crippen molar-refractivity contribution in [1.29, 1.82) is 10.5 Å². The maximum Gasteiger partial charge on any atom is 0.165 e. The average Bonchev–Trinajstić information content (AvgIpc) is 1.80. The van der Waals surface area contributed by atoms with Crippen molar-refractivity contribution in [3.8, 4) is 74.6 Å². The van der Waals surface area contributed by atoms with Gasteiger partial charge in [-0.2, -0.15) is 10.5 Å². The molecule has 2 saturated heterocycles. The first-order chi connectivity index (χ1) is 51.1. The van der Waals surface area contributed by atoms with Crippen LogP contribution in [0.4, 0.5) is 0 Å². The van der Waals surface area contributed by atoms with E-state index in [0.717, 1.165) is 163 Å². The van der Waals surface area contributed by atoms with Crippen LogP contribution in [0.25, 0.3) is 22.3 Å². The van der Waals surface area contributed by atoms with Gasteiger partial charge in [-0.25, -0.2) is 0 Å². The Morgan fingerprint density at radius 3 is 1.45 bits per heavy atom. The number of ether oxygens (including phenoxy) is 7. The second kappa shape index (κ2) is 41.6. The number of piperidine rings is 2. The normalized spacial score (nSPS) is 14.0. The zero-order valence-corrected chi connectivity index (χ0v) is 62.3. The minimum Gasteiger partial charge on any atom is -0.493 e. The van der Waals surface area contributed by atoms with Gasteiger partial charge in [0.05, 0.1) is 79.0 Å². The van der Waals surface area contributed by atoms with Crippen LogP contribution < -0.4 is 44.2 Å². The number of nitrogens with zero attached hydrogens (tertiary/aromatic N) is 8. The maximum absolute atomic E-state index is 9.78. The summed E-state index contributed by atoms with van der Waals surface area (Å²) in [5, 5.41) is 59.6. The monoisotopic (exact) mass is 1470 g/mol. The van der Waals surface area contributed by atoms with Crippen molar-refractivity contribution in [1.82, 2.24) is 30.0 Å². The van der Waals surface area contributed by atoms with Crippen LogP contribution in [0.3, 0.4) is 0 Å². The van der Waals surface area contributed by atoms with Gasteiger partial charge in [0.15, 0.2) is 11.5 Å². The van der Waals surface area contributed by atoms with E-state index < -0.39 is 0 Å². The number of aromatic nitrogens is 2. The number of nitrogens with one attached hydrogen (secondary N) is 1. The number of pyridine rings is 2. The lowest BCUT2D eigenvalue weighted by Gasteiger charge is -2.29. The van der Waals surface area contributed by atoms with Gasteiger partial charge < -0.3 is 79.3 Å². The molecule has 0 spiro atoms. The highest BCUT2D eigenvalue weighted by molar-refractivity contribution is 6.33. The second-order valence-electron chi connectivity index (χ2n) is 26.0. The highest BCUT2D eigenvalue weighted by Gasteiger charge is 2.26. The third-order valence-corrected chi connectivity index (χ3v) is 19.3. The van der Waals surface area contributed by atoms with Crippen LogP contribution in [0.15, 0.2) is 139 Å². The number of hydrogen-bond donors (Lipinski definition) is 6. The topological polar surface area (TPSA) is 279 Å². The molecule has 0 unspecified atom stereocenters. The van der Waals surface area contributed by atoms with Gasteiger partial charge in [0.2, 0.25) is 0 Å². The van der Waals surface area contributed by atoms with Crippen molar-refractivity contribution < 1.29 is 53.6 Å². The van der Waals surface area contributed by atoms with Crippen molar-refractivity contribution in [2.24, 2.45) is 10.7 Å². The Labute approximate surface area is 627 Å². The fourth-order valence-electron chi connectivity index (χ4n) is 12.7. The number of nitrogens with two attached hydrogens (primary N) is 1. The number of aliphatic hydroxyl groups excluding tert-OH is 4. The quantitative estimate of drug-likeness (QED) is 0.0214. The van der Waals surface area contributed by atoms with Crippen molar-refractivity contribution in [2.45, 2.75) is 105 Å². The van der Waals surface area contributed by atoms with Gasteiger partial charge in [0.1, 0.15) is 73.1 Å². The molecule has 8 aromatic rings. The lowest BCUT2D eigenvalue weighted by Crippen LogP contribution is -2.36. The van der Waals surface area contributed by atoms with E-state index in [1.54, 1.807) is 55.9 Å². The third-order valence-electron chi connectivity index (χ3n) is 18.7. The first kappa shape index (κ1) is 80.0. The van der Waals surface area contributed by atoms with E-state index in [9.17, 15) is 20.6 Å². The van der Waals surface area contributed by atoms with Crippen LogP contribution in [0.1, 0.15) is 99.7 Å². The van der Waals surface area contributed by atoms with Crippen LogP contribution in [-0.2, 0) is 26.4 Å². The molecule has 21 nitrogen and oxygen atoms in total. The predicted octanol–water partition coefficient (Wildman–Crippen LogP) is 12.1. The second-order valence-corrected chi connectivity index (χ2v) is 26.8. The summed E-state index contributed by atoms with van der Waals surface area (Å²) in [6.07, 6.45) is 11.3. The summed E-state index contributed by atoms with van der Waals surface area (Å²) >= 11 is 13.4. The van der Waals surface area contributed by atoms with Gasteiger partial charge in [0, 0.05) is 126 Å². The molecule has 3 aliphatic rings. The number of nitriles is 2. The fourth-order valence-corrected chi connectivity index (χ4v) is 13.2. The van der Waals surface area contributed by atoms with Gasteiger partial charge in [-0.3, -0.25) is 15.0 Å². The minimum atomic E-state index is -0.157. The summed E-state index contributed by atoms with van der Waals surface area (Å²) in [4.78, 5) is 19.8. The molecule has 23 heteroatoms. The Hall–Kier alpha value is -9.07. The number of halogens is 2. The zero-order chi connectivity index (χ0) is 74.5. The minimum absolute atomic E-state index is 0.00208. The predicted molar refractivity (Wildman–Crippen MR) is 410 cm³/mol. The van der Waals surface area contributed by atoms with Gasteiger partial charge in [0.25, 0.3) is 0 Å². The Balaban J connectivity index is 0.000000224. The van der Waals surface area contributed by atoms with Gasteiger partial charge in [-0.1, -0.05) is 83.9 Å². The molecule has 0 radical (unpaired) electrons. The summed E-state index contributed by atoms with van der Waals surface area (Å²) in [7, 11) is 1.55. The molecular weight excluding hydrogens is 1370 g/mol. The van der Waals surface area contributed by atoms with Crippen molar-refractivity contribution in [3.63, 3.8) is 0 Å². The summed E-state index contributed by atoms with van der Waals surface area (Å²) < 4.78 is 43.0. The van der Waals surface area contributed by atoms with E-state index in [4.69, 9.17) is 77.5 Å². The van der Waals surface area contributed by atoms with Crippen LogP contribution >= 0.6 is 23.2 Å². The van der Waals surface area contributed by atoms with E-state index >= 15 is 0 Å². The average molecular weight is 1470 g/mol. The molecule has 11 rings (SSSR count). The van der Waals surface area contributed by atoms with Crippen LogP contribution in [0, 0.1) is 50.4 Å². The molecule has 2 fully saturated rings. The first-order valence-corrected chi connectivity index (χ1v) is 36.6. The Kier molecular flexibility index (Phi) is 31.7. The number of aliphatic hydroxyl groups is 4. The molecule has 0 bridgehead atoms. The van der Waals surface area contributed by atoms with Crippen LogP contribution in [-0.4, -0.2) is 175 Å². The highest BCUT2D eigenvalue weighted by Crippen LogP contribution is 2.41. The molecular formula is C82H98Cl2N10O11. The Morgan fingerprint density at radius 2 is 0.971 bits per heavy atom. The van der Waals surface area contributed by atoms with Gasteiger partial charge >= 0.3 is 0 Å². The molecule has 6 aromatic carbocycles. The molecule has 7 N–H and O–H groups in total. The van der Waals surface area contributed by atoms with Crippen molar-refractivity contribution in [3.05, 3.63) is 205 Å². The smallest absolute Gasteiger partial charge is 0.165 e. The standard InChI is InChI=1S/C41H46ClN5O5.C37H40ClN3O5.C4H12N2O/c1-28-32(6-3-7-34(28)35-8-4-9-38(29(35)2)50-19-5-13-46-14-10-33(49)11-15-46)27-52-40-22-39(51-26-31-20-30(23-43)24-44-25-31)36(21-37(40)42)41-45-12-16-47(41)17-18-48;1-25-29(24-46-35-19-37(36(43-3)18-33(35)38)45-23-28-17-27(20-39)21-40-22-28)7-4-8-31(25)32-9-5-10-34(26(32)2)44-16-6-13-41-14-11-30(42)12-15-41;5-1-2-6-3-4-7/h3-4,6-9,20-22,24-25,33,48-49H,5,10-19,26-27H2,1-2H3;4-5,7-10,17-19,21-22,30,42H,6,11-16,23-24H2,1-3H3;6-7H,1-5H2. The Bertz CT molecular complexity index is 4230. The van der Waals surface area contributed by atoms with E-state index in [0.29, 0.717) is 114 Å². The number of amidine groups is 1. The summed E-state index contributed by atoms with van der Waals surface area (Å²) in [5.74, 6) is 4.88. The summed E-state index contributed by atoms with van der Waals surface area (Å²) in [5.41, 5.74) is 19.2. The Morgan fingerprint density at radius 1 is 0.505 bits per heavy atom. The first-order valence-electron chi connectivity index (χ1n) is 35.9. The third kappa shape index (κ3) is 23.2. The number of likely N-dealkylation sites (tertiary alicyclic amines) is 2. The summed E-state index contributed by atoms with van der Waals surface area (Å²) in [6, 6.07) is 39.5. The molecule has 556 valence electrons. The number of rotatable bonds is 32. The molecule has 0 amide bonds. The molecule has 0 atom stereocenters. The number of hydrogen-bond acceptors (Lipinski definition) is 21. The number of methoxy groups -OCH3 is 1. The summed E-state index contributed by atoms with van der Waals surface area (Å²) in [6.45, 7) is 20.4. The molecule has 105 heavy (non-hydrogen) atoms. The van der Waals surface area contributed by atoms with Gasteiger partial charge in [-0.05, 0) is 152 Å². The maximum atomic E-state index is 9.78.